The van der Waals surface area contributed by atoms with E-state index in [2.05, 4.69) is 10.2 Å². The molecular formula is C26H23N3O4. The van der Waals surface area contributed by atoms with Crippen LogP contribution in [-0.2, 0) is 6.42 Å². The zero-order valence-corrected chi connectivity index (χ0v) is 18.0. The molecule has 0 saturated heterocycles. The van der Waals surface area contributed by atoms with Crippen molar-refractivity contribution in [1.82, 2.24) is 15.1 Å². The number of hydrogen-bond donors (Lipinski definition) is 3. The average Bonchev–Trinajstić information content (AvgIpc) is 3.38. The summed E-state index contributed by atoms with van der Waals surface area (Å²) >= 11 is 0. The molecule has 166 valence electrons. The molecule has 0 radical (unpaired) electrons. The quantitative estimate of drug-likeness (QED) is 0.415. The normalized spacial score (nSPS) is 15.0. The van der Waals surface area contributed by atoms with Gasteiger partial charge in [0.25, 0.3) is 5.91 Å². The molecule has 0 bridgehead atoms. The number of nitrogens with one attached hydrogen (secondary N) is 1. The van der Waals surface area contributed by atoms with Gasteiger partial charge in [-0.3, -0.25) is 9.89 Å². The Morgan fingerprint density at radius 3 is 2.52 bits per heavy atom. The smallest absolute Gasteiger partial charge is 0.273 e. The number of nitrogens with zero attached hydrogens (tertiary/aromatic N) is 2. The molecule has 0 saturated carbocycles. The lowest BCUT2D eigenvalue weighted by molar-refractivity contribution is 0.0746. The molecule has 3 aromatic carbocycles. The summed E-state index contributed by atoms with van der Waals surface area (Å²) in [5, 5.41) is 27.9. The van der Waals surface area contributed by atoms with Crippen molar-refractivity contribution >= 4 is 5.91 Å². The molecule has 0 unspecified atom stereocenters. The number of para-hydroxylation sites is 1. The number of H-pyrrole nitrogens is 1. The minimum Gasteiger partial charge on any atom is -0.507 e. The fourth-order valence-corrected chi connectivity index (χ4v) is 4.41. The summed E-state index contributed by atoms with van der Waals surface area (Å²) in [4.78, 5) is 15.3. The molecule has 1 atom stereocenters. The molecule has 0 fully saturated rings. The van der Waals surface area contributed by atoms with Crippen LogP contribution in [0.2, 0.25) is 0 Å². The number of aromatic hydroxyl groups is 2. The van der Waals surface area contributed by atoms with E-state index in [9.17, 15) is 15.0 Å². The van der Waals surface area contributed by atoms with E-state index in [-0.39, 0.29) is 17.4 Å². The predicted molar refractivity (Wildman–Crippen MR) is 123 cm³/mol. The average molecular weight is 441 g/mol. The Morgan fingerprint density at radius 2 is 1.76 bits per heavy atom. The highest BCUT2D eigenvalue weighted by molar-refractivity contribution is 6.00. The number of ether oxygens (including phenoxy) is 1. The zero-order valence-electron chi connectivity index (χ0n) is 18.0. The molecule has 1 aliphatic rings. The van der Waals surface area contributed by atoms with Gasteiger partial charge in [-0.25, -0.2) is 0 Å². The van der Waals surface area contributed by atoms with E-state index in [0.717, 1.165) is 11.1 Å². The number of aromatic nitrogens is 2. The van der Waals surface area contributed by atoms with Crippen LogP contribution < -0.4 is 4.74 Å². The van der Waals surface area contributed by atoms with Crippen molar-refractivity contribution < 1.29 is 19.7 Å². The molecule has 7 nitrogen and oxygen atoms in total. The Morgan fingerprint density at radius 1 is 1.00 bits per heavy atom. The van der Waals surface area contributed by atoms with Crippen molar-refractivity contribution in [3.05, 3.63) is 95.2 Å². The maximum absolute atomic E-state index is 13.5. The number of fused-ring (bicyclic) bond motifs is 1. The van der Waals surface area contributed by atoms with Crippen molar-refractivity contribution in [3.63, 3.8) is 0 Å². The van der Waals surface area contributed by atoms with Gasteiger partial charge in [-0.2, -0.15) is 5.10 Å². The van der Waals surface area contributed by atoms with Crippen molar-refractivity contribution in [2.24, 2.45) is 0 Å². The van der Waals surface area contributed by atoms with Crippen LogP contribution in [0.3, 0.4) is 0 Å². The first-order valence-electron chi connectivity index (χ1n) is 10.7. The van der Waals surface area contributed by atoms with Gasteiger partial charge in [-0.1, -0.05) is 48.5 Å². The van der Waals surface area contributed by atoms with E-state index in [1.54, 1.807) is 41.3 Å². The largest absolute Gasteiger partial charge is 0.507 e. The van der Waals surface area contributed by atoms with Crippen molar-refractivity contribution in [1.29, 1.82) is 0 Å². The maximum Gasteiger partial charge on any atom is 0.273 e. The summed E-state index contributed by atoms with van der Waals surface area (Å²) in [5.74, 6) is 0.273. The van der Waals surface area contributed by atoms with Crippen molar-refractivity contribution in [2.45, 2.75) is 12.5 Å². The van der Waals surface area contributed by atoms with Gasteiger partial charge >= 0.3 is 0 Å². The monoisotopic (exact) mass is 441 g/mol. The molecule has 4 aromatic rings. The first-order valence-corrected chi connectivity index (χ1v) is 10.7. The highest BCUT2D eigenvalue weighted by Gasteiger charge is 2.42. The van der Waals surface area contributed by atoms with Crippen molar-refractivity contribution in [3.8, 4) is 28.5 Å². The zero-order chi connectivity index (χ0) is 22.9. The molecule has 0 aliphatic carbocycles. The fraction of sp³-hybridized carbons (Fsp3) is 0.154. The highest BCUT2D eigenvalue weighted by atomic mass is 16.5. The number of hydrogen-bond acceptors (Lipinski definition) is 5. The minimum atomic E-state index is -0.459. The number of carbonyl (C=O) groups excluding carboxylic acids is 1. The van der Waals surface area contributed by atoms with Gasteiger partial charge < -0.3 is 19.8 Å². The fourth-order valence-electron chi connectivity index (χ4n) is 4.41. The van der Waals surface area contributed by atoms with E-state index < -0.39 is 6.04 Å². The molecular weight excluding hydrogens is 418 g/mol. The summed E-state index contributed by atoms with van der Waals surface area (Å²) in [5.41, 5.74) is 4.07. The summed E-state index contributed by atoms with van der Waals surface area (Å²) in [7, 11) is 1.49. The SMILES string of the molecule is COc1cc([C@@H]2c3c(-c4ccccc4O)n[nH]c3C(=O)N2CCc2ccccc2)ccc1O. The Bertz CT molecular complexity index is 1320. The van der Waals surface area contributed by atoms with Crippen LogP contribution in [-0.4, -0.2) is 44.9 Å². The summed E-state index contributed by atoms with van der Waals surface area (Å²) < 4.78 is 5.32. The van der Waals surface area contributed by atoms with Crippen LogP contribution in [0.1, 0.15) is 33.2 Å². The first kappa shape index (κ1) is 20.6. The lowest BCUT2D eigenvalue weighted by Gasteiger charge is -2.27. The van der Waals surface area contributed by atoms with E-state index in [4.69, 9.17) is 4.74 Å². The van der Waals surface area contributed by atoms with Gasteiger partial charge in [-0.05, 0) is 41.8 Å². The molecule has 33 heavy (non-hydrogen) atoms. The molecule has 1 aromatic heterocycles. The molecule has 0 spiro atoms. The lowest BCUT2D eigenvalue weighted by atomic mass is 9.95. The van der Waals surface area contributed by atoms with E-state index in [0.29, 0.717) is 41.2 Å². The molecule has 5 rings (SSSR count). The molecule has 2 heterocycles. The van der Waals surface area contributed by atoms with Gasteiger partial charge in [0, 0.05) is 17.7 Å². The van der Waals surface area contributed by atoms with Gasteiger partial charge in [0.05, 0.1) is 13.2 Å². The van der Waals surface area contributed by atoms with Gasteiger partial charge in [0.1, 0.15) is 17.1 Å². The maximum atomic E-state index is 13.5. The molecule has 1 amide bonds. The Kier molecular flexibility index (Phi) is 5.22. The summed E-state index contributed by atoms with van der Waals surface area (Å²) in [6, 6.07) is 21.5. The minimum absolute atomic E-state index is 0.0229. The van der Waals surface area contributed by atoms with Gasteiger partial charge in [0.15, 0.2) is 11.5 Å². The molecule has 7 heteroatoms. The standard InChI is InChI=1S/C26H23N3O4/c1-33-21-15-17(11-12-20(21)31)25-22-23(18-9-5-6-10-19(18)30)27-28-24(22)26(32)29(25)14-13-16-7-3-2-4-8-16/h2-12,15,25,30-31H,13-14H2,1H3,(H,27,28)/t25-/m1/s1. The van der Waals surface area contributed by atoms with Crippen LogP contribution >= 0.6 is 0 Å². The number of methoxy groups -OCH3 is 1. The Balaban J connectivity index is 1.62. The van der Waals surface area contributed by atoms with Crippen LogP contribution in [0.5, 0.6) is 17.2 Å². The Labute approximate surface area is 190 Å². The van der Waals surface area contributed by atoms with E-state index in [1.807, 2.05) is 36.4 Å². The topological polar surface area (TPSA) is 98.7 Å². The lowest BCUT2D eigenvalue weighted by Crippen LogP contribution is -2.31. The second kappa shape index (κ2) is 8.35. The van der Waals surface area contributed by atoms with Crippen LogP contribution in [0.15, 0.2) is 72.8 Å². The second-order valence-electron chi connectivity index (χ2n) is 7.95. The van der Waals surface area contributed by atoms with Crippen LogP contribution in [0, 0.1) is 0 Å². The third-order valence-electron chi connectivity index (χ3n) is 6.03. The van der Waals surface area contributed by atoms with E-state index >= 15 is 0 Å². The Hall–Kier alpha value is -4.26. The number of carbonyl (C=O) groups is 1. The molecule has 1 aliphatic heterocycles. The van der Waals surface area contributed by atoms with Gasteiger partial charge in [0.2, 0.25) is 0 Å². The number of rotatable bonds is 6. The van der Waals surface area contributed by atoms with Crippen molar-refractivity contribution in [2.75, 3.05) is 13.7 Å². The van der Waals surface area contributed by atoms with Crippen LogP contribution in [0.25, 0.3) is 11.3 Å². The number of aromatic amines is 1. The summed E-state index contributed by atoms with van der Waals surface area (Å²) in [6.45, 7) is 0.486. The third-order valence-corrected chi connectivity index (χ3v) is 6.03. The molecule has 3 N–H and O–H groups in total. The van der Waals surface area contributed by atoms with Crippen LogP contribution in [0.4, 0.5) is 0 Å². The summed E-state index contributed by atoms with van der Waals surface area (Å²) in [6.07, 6.45) is 0.682. The second-order valence-corrected chi connectivity index (χ2v) is 7.95. The first-order chi connectivity index (χ1) is 16.1. The van der Waals surface area contributed by atoms with E-state index in [1.165, 1.54) is 7.11 Å². The highest BCUT2D eigenvalue weighted by Crippen LogP contribution is 2.45. The number of amides is 1. The number of phenolic OH excluding ortho intramolecular Hbond substituents is 2. The predicted octanol–water partition coefficient (Wildman–Crippen LogP) is 4.28. The third kappa shape index (κ3) is 3.57. The van der Waals surface area contributed by atoms with Gasteiger partial charge in [-0.15, -0.1) is 0 Å². The number of benzene rings is 3. The number of phenols is 2.